The molecule has 0 radical (unpaired) electrons. The van der Waals surface area contributed by atoms with Crippen LogP contribution >= 0.6 is 0 Å². The van der Waals surface area contributed by atoms with Crippen molar-refractivity contribution < 1.29 is 14.6 Å². The molecule has 0 saturated carbocycles. The first kappa shape index (κ1) is 16.6. The monoisotopic (exact) mass is 341 g/mol. The molecule has 25 heavy (non-hydrogen) atoms. The van der Waals surface area contributed by atoms with Gasteiger partial charge >= 0.3 is 0 Å². The minimum atomic E-state index is -0.762. The number of halogens is 1. The van der Waals surface area contributed by atoms with Gasteiger partial charge in [-0.2, -0.15) is 4.98 Å². The van der Waals surface area contributed by atoms with Crippen LogP contribution in [0, 0.1) is 5.82 Å². The number of nitrogens with zero attached hydrogens (tertiary/aromatic N) is 3. The quantitative estimate of drug-likeness (QED) is 0.546. The lowest BCUT2D eigenvalue weighted by atomic mass is 10.1. The molecule has 0 atom stereocenters. The summed E-state index contributed by atoms with van der Waals surface area (Å²) < 4.78 is 14.2. The SMILES string of the molecule is OCCNc1nc(Nc2cccnc2)cc(-c2cccc(O)c2F)n1. The lowest BCUT2D eigenvalue weighted by molar-refractivity contribution is 0.311. The summed E-state index contributed by atoms with van der Waals surface area (Å²) in [5, 5.41) is 24.5. The minimum Gasteiger partial charge on any atom is -0.505 e. The largest absolute Gasteiger partial charge is 0.505 e. The van der Waals surface area contributed by atoms with Crippen molar-refractivity contribution in [3.63, 3.8) is 0 Å². The highest BCUT2D eigenvalue weighted by atomic mass is 19.1. The van der Waals surface area contributed by atoms with Gasteiger partial charge in [-0.1, -0.05) is 6.07 Å². The van der Waals surface area contributed by atoms with Gasteiger partial charge in [0.15, 0.2) is 11.6 Å². The smallest absolute Gasteiger partial charge is 0.225 e. The maximum atomic E-state index is 14.2. The summed E-state index contributed by atoms with van der Waals surface area (Å²) in [5.41, 5.74) is 1.13. The van der Waals surface area contributed by atoms with Crippen molar-refractivity contribution >= 4 is 17.5 Å². The molecule has 8 heteroatoms. The highest BCUT2D eigenvalue weighted by Crippen LogP contribution is 2.29. The molecular formula is C17H16FN5O2. The number of anilines is 3. The number of hydrogen-bond acceptors (Lipinski definition) is 7. The van der Waals surface area contributed by atoms with Crippen LogP contribution in [0.4, 0.5) is 21.8 Å². The summed E-state index contributed by atoms with van der Waals surface area (Å²) in [6.07, 6.45) is 3.27. The average Bonchev–Trinajstić information content (AvgIpc) is 2.63. The fourth-order valence-electron chi connectivity index (χ4n) is 2.20. The van der Waals surface area contributed by atoms with Crippen molar-refractivity contribution in [3.8, 4) is 17.0 Å². The molecule has 4 N–H and O–H groups in total. The van der Waals surface area contributed by atoms with Gasteiger partial charge in [0.25, 0.3) is 0 Å². The molecule has 0 aliphatic heterocycles. The summed E-state index contributed by atoms with van der Waals surface area (Å²) >= 11 is 0. The molecule has 1 aromatic carbocycles. The van der Waals surface area contributed by atoms with E-state index in [-0.39, 0.29) is 30.4 Å². The third-order valence-electron chi connectivity index (χ3n) is 3.31. The first-order chi connectivity index (χ1) is 12.2. The van der Waals surface area contributed by atoms with Crippen LogP contribution in [0.25, 0.3) is 11.3 Å². The number of aromatic hydroxyl groups is 1. The predicted molar refractivity (Wildman–Crippen MR) is 92.2 cm³/mol. The third kappa shape index (κ3) is 3.99. The van der Waals surface area contributed by atoms with Crippen LogP contribution in [-0.4, -0.2) is 38.3 Å². The lowest BCUT2D eigenvalue weighted by Crippen LogP contribution is -2.10. The van der Waals surface area contributed by atoms with E-state index in [9.17, 15) is 9.50 Å². The molecule has 7 nitrogen and oxygen atoms in total. The second-order valence-corrected chi connectivity index (χ2v) is 5.12. The predicted octanol–water partition coefficient (Wildman–Crippen LogP) is 2.53. The van der Waals surface area contributed by atoms with E-state index in [2.05, 4.69) is 25.6 Å². The molecule has 0 amide bonds. The van der Waals surface area contributed by atoms with E-state index in [4.69, 9.17) is 5.11 Å². The van der Waals surface area contributed by atoms with Crippen molar-refractivity contribution in [1.29, 1.82) is 0 Å². The topological polar surface area (TPSA) is 103 Å². The van der Waals surface area contributed by atoms with Gasteiger partial charge in [0, 0.05) is 24.4 Å². The lowest BCUT2D eigenvalue weighted by Gasteiger charge is -2.11. The van der Waals surface area contributed by atoms with Gasteiger partial charge in [-0.05, 0) is 24.3 Å². The maximum Gasteiger partial charge on any atom is 0.225 e. The van der Waals surface area contributed by atoms with Crippen LogP contribution < -0.4 is 10.6 Å². The van der Waals surface area contributed by atoms with E-state index in [1.165, 1.54) is 18.2 Å². The van der Waals surface area contributed by atoms with Gasteiger partial charge in [-0.15, -0.1) is 0 Å². The molecule has 0 unspecified atom stereocenters. The van der Waals surface area contributed by atoms with Gasteiger partial charge in [-0.3, -0.25) is 4.98 Å². The van der Waals surface area contributed by atoms with Crippen molar-refractivity contribution in [2.45, 2.75) is 0 Å². The minimum absolute atomic E-state index is 0.0978. The van der Waals surface area contributed by atoms with Gasteiger partial charge in [0.1, 0.15) is 5.82 Å². The highest BCUT2D eigenvalue weighted by Gasteiger charge is 2.13. The summed E-state index contributed by atoms with van der Waals surface area (Å²) in [5.74, 6) is -0.578. The average molecular weight is 341 g/mol. The molecule has 3 rings (SSSR count). The Bertz CT molecular complexity index is 861. The standard InChI is InChI=1S/C17H16FN5O2/c18-16-12(4-1-5-14(16)25)13-9-15(21-11-3-2-6-19-10-11)23-17(22-13)20-7-8-24/h1-6,9-10,24-25H,7-8H2,(H2,20,21,22,23). The highest BCUT2D eigenvalue weighted by molar-refractivity contribution is 5.68. The molecule has 3 aromatic rings. The van der Waals surface area contributed by atoms with Crippen LogP contribution in [0.2, 0.25) is 0 Å². The number of rotatable bonds is 6. The molecular weight excluding hydrogens is 325 g/mol. The summed E-state index contributed by atoms with van der Waals surface area (Å²) in [4.78, 5) is 12.5. The number of hydrogen-bond donors (Lipinski definition) is 4. The zero-order chi connectivity index (χ0) is 17.6. The Hall–Kier alpha value is -3.26. The van der Waals surface area contributed by atoms with Gasteiger partial charge in [0.05, 0.1) is 24.2 Å². The van der Waals surface area contributed by atoms with Crippen LogP contribution in [0.15, 0.2) is 48.8 Å². The Labute approximate surface area is 143 Å². The Morgan fingerprint density at radius 2 is 2.00 bits per heavy atom. The Kier molecular flexibility index (Phi) is 5.00. The number of benzene rings is 1. The fraction of sp³-hybridized carbons (Fsp3) is 0.118. The van der Waals surface area contributed by atoms with Crippen molar-refractivity contribution in [3.05, 3.63) is 54.6 Å². The molecule has 0 spiro atoms. The van der Waals surface area contributed by atoms with E-state index >= 15 is 0 Å². The summed E-state index contributed by atoms with van der Waals surface area (Å²) in [6.45, 7) is 0.151. The number of pyridine rings is 1. The normalized spacial score (nSPS) is 10.5. The number of aliphatic hydroxyl groups is 1. The zero-order valence-electron chi connectivity index (χ0n) is 13.1. The first-order valence-corrected chi connectivity index (χ1v) is 7.56. The third-order valence-corrected chi connectivity index (χ3v) is 3.31. The number of phenolic OH excluding ortho intramolecular Hbond substituents is 1. The summed E-state index contributed by atoms with van der Waals surface area (Å²) in [7, 11) is 0. The summed E-state index contributed by atoms with van der Waals surface area (Å²) in [6, 6.07) is 9.45. The van der Waals surface area contributed by atoms with Crippen LogP contribution in [0.3, 0.4) is 0 Å². The molecule has 0 aliphatic carbocycles. The van der Waals surface area contributed by atoms with Crippen LogP contribution in [0.5, 0.6) is 5.75 Å². The van der Waals surface area contributed by atoms with E-state index in [1.54, 1.807) is 24.5 Å². The molecule has 2 aromatic heterocycles. The van der Waals surface area contributed by atoms with Gasteiger partial charge in [0.2, 0.25) is 5.95 Å². The number of aromatic nitrogens is 3. The van der Waals surface area contributed by atoms with E-state index in [0.717, 1.165) is 0 Å². The second-order valence-electron chi connectivity index (χ2n) is 5.12. The maximum absolute atomic E-state index is 14.2. The van der Waals surface area contributed by atoms with Crippen LogP contribution in [0.1, 0.15) is 0 Å². The molecule has 2 heterocycles. The molecule has 0 fully saturated rings. The van der Waals surface area contributed by atoms with Crippen molar-refractivity contribution in [2.75, 3.05) is 23.8 Å². The molecule has 0 bridgehead atoms. The zero-order valence-corrected chi connectivity index (χ0v) is 13.1. The molecule has 128 valence electrons. The Morgan fingerprint density at radius 3 is 2.76 bits per heavy atom. The van der Waals surface area contributed by atoms with Crippen LogP contribution in [-0.2, 0) is 0 Å². The Balaban J connectivity index is 2.02. The number of nitrogens with one attached hydrogen (secondary N) is 2. The van der Waals surface area contributed by atoms with Gasteiger partial charge in [-0.25, -0.2) is 9.37 Å². The van der Waals surface area contributed by atoms with E-state index in [0.29, 0.717) is 11.5 Å². The van der Waals surface area contributed by atoms with E-state index in [1.807, 2.05) is 6.07 Å². The Morgan fingerprint density at radius 1 is 1.12 bits per heavy atom. The van der Waals surface area contributed by atoms with Gasteiger partial charge < -0.3 is 20.8 Å². The number of phenols is 1. The van der Waals surface area contributed by atoms with Crippen molar-refractivity contribution in [1.82, 2.24) is 15.0 Å². The number of aliphatic hydroxyl groups excluding tert-OH is 1. The molecule has 0 aliphatic rings. The van der Waals surface area contributed by atoms with Crippen molar-refractivity contribution in [2.24, 2.45) is 0 Å². The first-order valence-electron chi connectivity index (χ1n) is 7.56. The second kappa shape index (κ2) is 7.54. The van der Waals surface area contributed by atoms with E-state index < -0.39 is 11.6 Å². The fourth-order valence-corrected chi connectivity index (χ4v) is 2.20. The molecule has 0 saturated heterocycles.